The van der Waals surface area contributed by atoms with Gasteiger partial charge in [-0.15, -0.1) is 12.6 Å². The molecular formula is C17H14FN3OS. The number of carbonyl (C=O) groups excluding carboxylic acids is 1. The molecule has 0 radical (unpaired) electrons. The average molecular weight is 327 g/mol. The highest BCUT2D eigenvalue weighted by Gasteiger charge is 2.15. The molecule has 0 unspecified atom stereocenters. The predicted molar refractivity (Wildman–Crippen MR) is 89.9 cm³/mol. The van der Waals surface area contributed by atoms with E-state index in [2.05, 4.69) is 22.9 Å². The van der Waals surface area contributed by atoms with Crippen LogP contribution >= 0.6 is 12.6 Å². The van der Waals surface area contributed by atoms with Crippen LogP contribution in [-0.2, 0) is 0 Å². The molecule has 2 aromatic carbocycles. The van der Waals surface area contributed by atoms with E-state index in [1.54, 1.807) is 10.9 Å². The molecule has 0 bridgehead atoms. The maximum atomic E-state index is 12.9. The van der Waals surface area contributed by atoms with Gasteiger partial charge >= 0.3 is 0 Å². The van der Waals surface area contributed by atoms with E-state index in [4.69, 9.17) is 0 Å². The van der Waals surface area contributed by atoms with E-state index in [0.717, 1.165) is 16.1 Å². The molecule has 0 fully saturated rings. The summed E-state index contributed by atoms with van der Waals surface area (Å²) in [5.74, 6) is -0.685. The van der Waals surface area contributed by atoms with Crippen LogP contribution in [0.5, 0.6) is 0 Å². The normalized spacial score (nSPS) is 10.6. The predicted octanol–water partition coefficient (Wildman–Crippen LogP) is 3.86. The molecule has 0 saturated heterocycles. The van der Waals surface area contributed by atoms with Gasteiger partial charge < -0.3 is 5.32 Å². The zero-order valence-corrected chi connectivity index (χ0v) is 13.2. The fourth-order valence-electron chi connectivity index (χ4n) is 2.22. The van der Waals surface area contributed by atoms with Crippen molar-refractivity contribution >= 4 is 24.2 Å². The highest BCUT2D eigenvalue weighted by molar-refractivity contribution is 7.80. The second-order valence-corrected chi connectivity index (χ2v) is 5.58. The summed E-state index contributed by atoms with van der Waals surface area (Å²) < 4.78 is 14.6. The Kier molecular flexibility index (Phi) is 4.16. The number of nitrogens with one attached hydrogen (secondary N) is 1. The van der Waals surface area contributed by atoms with Crippen molar-refractivity contribution in [3.8, 4) is 5.69 Å². The van der Waals surface area contributed by atoms with Crippen LogP contribution in [0.3, 0.4) is 0 Å². The van der Waals surface area contributed by atoms with Crippen LogP contribution in [0.25, 0.3) is 5.69 Å². The number of rotatable bonds is 3. The fraction of sp³-hybridized carbons (Fsp3) is 0.0588. The molecular weight excluding hydrogens is 313 g/mol. The monoisotopic (exact) mass is 327 g/mol. The SMILES string of the molecule is Cc1ccc(-n2cncc2C(=O)Nc2ccc(F)cc2)c(S)c1. The van der Waals surface area contributed by atoms with Crippen molar-refractivity contribution in [2.45, 2.75) is 11.8 Å². The van der Waals surface area contributed by atoms with Gasteiger partial charge in [0.2, 0.25) is 0 Å². The fourth-order valence-corrected chi connectivity index (χ4v) is 2.61. The molecule has 0 spiro atoms. The summed E-state index contributed by atoms with van der Waals surface area (Å²) in [5, 5.41) is 2.72. The lowest BCUT2D eigenvalue weighted by Gasteiger charge is -2.11. The van der Waals surface area contributed by atoms with Gasteiger partial charge in [0.1, 0.15) is 11.5 Å². The van der Waals surface area contributed by atoms with Crippen LogP contribution in [0.4, 0.5) is 10.1 Å². The molecule has 3 aromatic rings. The van der Waals surface area contributed by atoms with Crippen LogP contribution in [0, 0.1) is 12.7 Å². The Balaban J connectivity index is 1.91. The number of aryl methyl sites for hydroxylation is 1. The molecule has 1 amide bonds. The van der Waals surface area contributed by atoms with Crippen molar-refractivity contribution < 1.29 is 9.18 Å². The molecule has 1 N–H and O–H groups in total. The first-order valence-electron chi connectivity index (χ1n) is 6.94. The number of hydrogen-bond donors (Lipinski definition) is 2. The quantitative estimate of drug-likeness (QED) is 0.718. The van der Waals surface area contributed by atoms with Crippen molar-refractivity contribution in [2.75, 3.05) is 5.32 Å². The van der Waals surface area contributed by atoms with Crippen molar-refractivity contribution in [3.63, 3.8) is 0 Å². The molecule has 1 aromatic heterocycles. The van der Waals surface area contributed by atoms with E-state index in [-0.39, 0.29) is 11.7 Å². The number of thiol groups is 1. The summed E-state index contributed by atoms with van der Waals surface area (Å²) >= 11 is 4.46. The Morgan fingerprint density at radius 1 is 1.22 bits per heavy atom. The van der Waals surface area contributed by atoms with Crippen molar-refractivity contribution in [2.24, 2.45) is 0 Å². The summed E-state index contributed by atoms with van der Waals surface area (Å²) in [4.78, 5) is 17.2. The molecule has 0 saturated carbocycles. The van der Waals surface area contributed by atoms with Gasteiger partial charge in [-0.05, 0) is 48.9 Å². The van der Waals surface area contributed by atoms with E-state index in [1.807, 2.05) is 25.1 Å². The Morgan fingerprint density at radius 3 is 2.65 bits per heavy atom. The van der Waals surface area contributed by atoms with Gasteiger partial charge in [-0.3, -0.25) is 9.36 Å². The molecule has 23 heavy (non-hydrogen) atoms. The highest BCUT2D eigenvalue weighted by Crippen LogP contribution is 2.22. The number of hydrogen-bond acceptors (Lipinski definition) is 3. The number of halogens is 1. The number of nitrogens with zero attached hydrogens (tertiary/aromatic N) is 2. The van der Waals surface area contributed by atoms with Gasteiger partial charge in [-0.25, -0.2) is 9.37 Å². The van der Waals surface area contributed by atoms with Crippen LogP contribution in [0.2, 0.25) is 0 Å². The van der Waals surface area contributed by atoms with Crippen LogP contribution < -0.4 is 5.32 Å². The largest absolute Gasteiger partial charge is 0.321 e. The first-order valence-corrected chi connectivity index (χ1v) is 7.38. The number of imidazole rings is 1. The Hall–Kier alpha value is -2.60. The second kappa shape index (κ2) is 6.26. The summed E-state index contributed by atoms with van der Waals surface area (Å²) in [5.41, 5.74) is 2.73. The lowest BCUT2D eigenvalue weighted by atomic mass is 10.2. The second-order valence-electron chi connectivity index (χ2n) is 5.10. The Morgan fingerprint density at radius 2 is 1.96 bits per heavy atom. The summed E-state index contributed by atoms with van der Waals surface area (Å²) in [7, 11) is 0. The standard InChI is InChI=1S/C17H14FN3OS/c1-11-2-7-14(16(23)8-11)21-10-19-9-15(21)17(22)20-13-5-3-12(18)4-6-13/h2-10,23H,1H3,(H,20,22). The minimum atomic E-state index is -0.354. The van der Waals surface area contributed by atoms with E-state index in [9.17, 15) is 9.18 Å². The van der Waals surface area contributed by atoms with E-state index in [0.29, 0.717) is 11.4 Å². The maximum Gasteiger partial charge on any atom is 0.274 e. The van der Waals surface area contributed by atoms with Crippen molar-refractivity contribution in [3.05, 3.63) is 72.1 Å². The molecule has 0 aliphatic rings. The molecule has 116 valence electrons. The average Bonchev–Trinajstić information content (AvgIpc) is 2.99. The molecule has 4 nitrogen and oxygen atoms in total. The van der Waals surface area contributed by atoms with Gasteiger partial charge in [0.05, 0.1) is 18.2 Å². The van der Waals surface area contributed by atoms with Gasteiger partial charge in [0, 0.05) is 10.6 Å². The summed E-state index contributed by atoms with van der Waals surface area (Å²) in [6.45, 7) is 1.97. The van der Waals surface area contributed by atoms with E-state index in [1.165, 1.54) is 30.5 Å². The molecule has 0 atom stereocenters. The first-order chi connectivity index (χ1) is 11.0. The summed E-state index contributed by atoms with van der Waals surface area (Å²) in [6, 6.07) is 11.3. The third-order valence-corrected chi connectivity index (χ3v) is 3.72. The number of aromatic nitrogens is 2. The lowest BCUT2D eigenvalue weighted by molar-refractivity contribution is 0.102. The number of amides is 1. The number of carbonyl (C=O) groups is 1. The third-order valence-electron chi connectivity index (χ3n) is 3.36. The Labute approximate surface area is 138 Å². The van der Waals surface area contributed by atoms with Crippen molar-refractivity contribution in [1.29, 1.82) is 0 Å². The van der Waals surface area contributed by atoms with Gasteiger partial charge in [-0.2, -0.15) is 0 Å². The third kappa shape index (κ3) is 3.27. The smallest absolute Gasteiger partial charge is 0.274 e. The first kappa shape index (κ1) is 15.3. The number of benzene rings is 2. The minimum absolute atomic E-state index is 0.331. The zero-order chi connectivity index (χ0) is 16.4. The van der Waals surface area contributed by atoms with Crippen molar-refractivity contribution in [1.82, 2.24) is 9.55 Å². The molecule has 3 rings (SSSR count). The molecule has 0 aliphatic heterocycles. The molecule has 1 heterocycles. The summed E-state index contributed by atoms with van der Waals surface area (Å²) in [6.07, 6.45) is 3.04. The van der Waals surface area contributed by atoms with E-state index < -0.39 is 0 Å². The van der Waals surface area contributed by atoms with E-state index >= 15 is 0 Å². The highest BCUT2D eigenvalue weighted by atomic mass is 32.1. The van der Waals surface area contributed by atoms with Crippen LogP contribution in [0.15, 0.2) is 59.9 Å². The Bertz CT molecular complexity index is 859. The van der Waals surface area contributed by atoms with Gasteiger partial charge in [0.15, 0.2) is 0 Å². The van der Waals surface area contributed by atoms with Gasteiger partial charge in [-0.1, -0.05) is 6.07 Å². The maximum absolute atomic E-state index is 12.9. The van der Waals surface area contributed by atoms with Crippen LogP contribution in [0.1, 0.15) is 16.1 Å². The van der Waals surface area contributed by atoms with Crippen LogP contribution in [-0.4, -0.2) is 15.5 Å². The van der Waals surface area contributed by atoms with Gasteiger partial charge in [0.25, 0.3) is 5.91 Å². The minimum Gasteiger partial charge on any atom is -0.321 e. The molecule has 6 heteroatoms. The topological polar surface area (TPSA) is 46.9 Å². The lowest BCUT2D eigenvalue weighted by Crippen LogP contribution is -2.16. The zero-order valence-electron chi connectivity index (χ0n) is 12.3. The molecule has 0 aliphatic carbocycles. The number of anilines is 1.